The summed E-state index contributed by atoms with van der Waals surface area (Å²) in [5, 5.41) is 11.1. The maximum absolute atomic E-state index is 12.7. The fourth-order valence-corrected chi connectivity index (χ4v) is 7.65. The van der Waals surface area contributed by atoms with Gasteiger partial charge in [-0.15, -0.1) is 0 Å². The number of carbonyl (C=O) groups excluding carboxylic acids is 1. The van der Waals surface area contributed by atoms with Crippen LogP contribution in [0.25, 0.3) is 0 Å². The molecule has 6 rings (SSSR count). The number of hydrogen-bond acceptors (Lipinski definition) is 4. The summed E-state index contributed by atoms with van der Waals surface area (Å²) in [6, 6.07) is 0. The van der Waals surface area contributed by atoms with Crippen LogP contribution < -0.4 is 0 Å². The fraction of sp³-hybridized carbons (Fsp3) is 0.952. The van der Waals surface area contributed by atoms with Crippen molar-refractivity contribution in [3.05, 3.63) is 0 Å². The molecule has 2 heterocycles. The molecule has 0 aromatic carbocycles. The Balaban J connectivity index is 1.36. The van der Waals surface area contributed by atoms with Crippen molar-refractivity contribution in [2.75, 3.05) is 19.6 Å². The third kappa shape index (κ3) is 2.58. The van der Waals surface area contributed by atoms with Gasteiger partial charge in [0.1, 0.15) is 5.60 Å². The van der Waals surface area contributed by atoms with Gasteiger partial charge in [-0.2, -0.15) is 0 Å². The molecule has 4 nitrogen and oxygen atoms in total. The first kappa shape index (κ1) is 16.6. The average Bonchev–Trinajstić information content (AvgIpc) is 2.82. The fourth-order valence-electron chi connectivity index (χ4n) is 7.65. The number of ether oxygens (including phenoxy) is 1. The van der Waals surface area contributed by atoms with Gasteiger partial charge in [-0.25, -0.2) is 0 Å². The SMILES string of the molecule is CC1(C23CC4CC(CC(O)(C4)C2)C3)CC(CN2CCCCC2)C(=O)O1. The molecule has 4 heteroatoms. The minimum Gasteiger partial charge on any atom is -0.458 e. The van der Waals surface area contributed by atoms with E-state index in [9.17, 15) is 9.90 Å². The number of piperidine rings is 1. The Morgan fingerprint density at radius 1 is 1.08 bits per heavy atom. The Morgan fingerprint density at radius 3 is 2.40 bits per heavy atom. The summed E-state index contributed by atoms with van der Waals surface area (Å²) in [7, 11) is 0. The van der Waals surface area contributed by atoms with E-state index in [1.165, 1.54) is 25.7 Å². The van der Waals surface area contributed by atoms with Crippen molar-refractivity contribution < 1.29 is 14.6 Å². The molecule has 4 aliphatic carbocycles. The Hall–Kier alpha value is -0.610. The van der Waals surface area contributed by atoms with E-state index in [0.717, 1.165) is 58.2 Å². The van der Waals surface area contributed by atoms with E-state index in [1.54, 1.807) is 0 Å². The van der Waals surface area contributed by atoms with Gasteiger partial charge < -0.3 is 14.7 Å². The summed E-state index contributed by atoms with van der Waals surface area (Å²) >= 11 is 0. The number of cyclic esters (lactones) is 1. The lowest BCUT2D eigenvalue weighted by Gasteiger charge is -2.64. The summed E-state index contributed by atoms with van der Waals surface area (Å²) in [5.74, 6) is 1.34. The van der Waals surface area contributed by atoms with Crippen molar-refractivity contribution in [1.82, 2.24) is 4.90 Å². The lowest BCUT2D eigenvalue weighted by molar-refractivity contribution is -0.226. The first-order chi connectivity index (χ1) is 11.9. The second-order valence-electron chi connectivity index (χ2n) is 10.4. The van der Waals surface area contributed by atoms with Crippen molar-refractivity contribution in [3.63, 3.8) is 0 Å². The van der Waals surface area contributed by atoms with E-state index >= 15 is 0 Å². The van der Waals surface area contributed by atoms with E-state index in [1.807, 2.05) is 0 Å². The molecule has 2 saturated heterocycles. The number of esters is 1. The molecule has 0 spiro atoms. The topological polar surface area (TPSA) is 49.8 Å². The van der Waals surface area contributed by atoms with E-state index in [0.29, 0.717) is 11.8 Å². The van der Waals surface area contributed by atoms with E-state index in [2.05, 4.69) is 11.8 Å². The van der Waals surface area contributed by atoms with Crippen LogP contribution in [-0.2, 0) is 9.53 Å². The van der Waals surface area contributed by atoms with Crippen molar-refractivity contribution in [3.8, 4) is 0 Å². The zero-order valence-electron chi connectivity index (χ0n) is 15.6. The molecular weight excluding hydrogens is 314 g/mol. The molecule has 140 valence electrons. The molecular formula is C21H33NO3. The highest BCUT2D eigenvalue weighted by Gasteiger charge is 2.66. The number of nitrogens with zero attached hydrogens (tertiary/aromatic N) is 1. The summed E-state index contributed by atoms with van der Waals surface area (Å²) in [5.41, 5.74) is -0.821. The average molecular weight is 347 g/mol. The molecule has 1 N–H and O–H groups in total. The number of rotatable bonds is 3. The Kier molecular flexibility index (Phi) is 3.61. The first-order valence-corrected chi connectivity index (χ1v) is 10.6. The highest BCUT2D eigenvalue weighted by Crippen LogP contribution is 2.67. The van der Waals surface area contributed by atoms with Crippen LogP contribution in [0.4, 0.5) is 0 Å². The van der Waals surface area contributed by atoms with Gasteiger partial charge in [0.15, 0.2) is 0 Å². The zero-order chi connectivity index (χ0) is 17.3. The summed E-state index contributed by atoms with van der Waals surface area (Å²) in [6.45, 7) is 5.34. The number of aliphatic hydroxyl groups is 1. The zero-order valence-corrected chi connectivity index (χ0v) is 15.6. The molecule has 4 bridgehead atoms. The minimum atomic E-state index is -0.482. The van der Waals surface area contributed by atoms with Crippen LogP contribution in [-0.4, -0.2) is 46.8 Å². The quantitative estimate of drug-likeness (QED) is 0.797. The molecule has 4 saturated carbocycles. The Labute approximate surface area is 151 Å². The lowest BCUT2D eigenvalue weighted by atomic mass is 9.44. The maximum Gasteiger partial charge on any atom is 0.310 e. The van der Waals surface area contributed by atoms with Gasteiger partial charge in [0, 0.05) is 18.4 Å². The second-order valence-corrected chi connectivity index (χ2v) is 10.4. The monoisotopic (exact) mass is 347 g/mol. The van der Waals surface area contributed by atoms with Crippen LogP contribution in [0, 0.1) is 23.2 Å². The third-order valence-corrected chi connectivity index (χ3v) is 8.37. The van der Waals surface area contributed by atoms with Crippen LogP contribution in [0.2, 0.25) is 0 Å². The van der Waals surface area contributed by atoms with Crippen LogP contribution in [0.1, 0.15) is 71.1 Å². The molecule has 2 aliphatic heterocycles. The number of carbonyl (C=O) groups is 1. The molecule has 6 fully saturated rings. The molecule has 4 unspecified atom stereocenters. The van der Waals surface area contributed by atoms with Gasteiger partial charge in [0.25, 0.3) is 0 Å². The lowest BCUT2D eigenvalue weighted by Crippen LogP contribution is -2.62. The molecule has 0 aromatic rings. The summed E-state index contributed by atoms with van der Waals surface area (Å²) in [4.78, 5) is 15.2. The largest absolute Gasteiger partial charge is 0.458 e. The van der Waals surface area contributed by atoms with Crippen LogP contribution in [0.15, 0.2) is 0 Å². The van der Waals surface area contributed by atoms with Crippen molar-refractivity contribution in [1.29, 1.82) is 0 Å². The van der Waals surface area contributed by atoms with Gasteiger partial charge >= 0.3 is 5.97 Å². The minimum absolute atomic E-state index is 0.0239. The summed E-state index contributed by atoms with van der Waals surface area (Å²) in [6.07, 6.45) is 11.1. The Morgan fingerprint density at radius 2 is 1.76 bits per heavy atom. The van der Waals surface area contributed by atoms with Crippen LogP contribution in [0.3, 0.4) is 0 Å². The third-order valence-electron chi connectivity index (χ3n) is 8.37. The van der Waals surface area contributed by atoms with Gasteiger partial charge in [0.2, 0.25) is 0 Å². The van der Waals surface area contributed by atoms with Crippen molar-refractivity contribution >= 4 is 5.97 Å². The van der Waals surface area contributed by atoms with E-state index in [-0.39, 0.29) is 22.9 Å². The number of likely N-dealkylation sites (tertiary alicyclic amines) is 1. The molecule has 0 aromatic heterocycles. The maximum atomic E-state index is 12.7. The van der Waals surface area contributed by atoms with Crippen LogP contribution >= 0.6 is 0 Å². The standard InChI is InChI=1S/C21H33NO3/c1-19(12-17(18(23)25-19)13-22-5-3-2-4-6-22)20-8-15-7-16(9-20)11-21(24,10-15)14-20/h15-17,24H,2-14H2,1H3. The molecule has 0 radical (unpaired) electrons. The predicted octanol–water partition coefficient (Wildman–Crippen LogP) is 3.13. The predicted molar refractivity (Wildman–Crippen MR) is 95.0 cm³/mol. The highest BCUT2D eigenvalue weighted by molar-refractivity contribution is 5.75. The Bertz CT molecular complexity index is 555. The van der Waals surface area contributed by atoms with Crippen molar-refractivity contribution in [2.24, 2.45) is 23.2 Å². The van der Waals surface area contributed by atoms with Crippen LogP contribution in [0.5, 0.6) is 0 Å². The van der Waals surface area contributed by atoms with Gasteiger partial charge in [-0.05, 0) is 83.2 Å². The molecule has 6 aliphatic rings. The second kappa shape index (κ2) is 5.45. The van der Waals surface area contributed by atoms with Gasteiger partial charge in [-0.3, -0.25) is 4.79 Å². The van der Waals surface area contributed by atoms with E-state index < -0.39 is 5.60 Å². The normalized spacial score (nSPS) is 52.6. The van der Waals surface area contributed by atoms with E-state index in [4.69, 9.17) is 4.74 Å². The smallest absolute Gasteiger partial charge is 0.310 e. The van der Waals surface area contributed by atoms with Crippen molar-refractivity contribution in [2.45, 2.75) is 82.3 Å². The molecule has 4 atom stereocenters. The number of hydrogen-bond donors (Lipinski definition) is 1. The van der Waals surface area contributed by atoms with Gasteiger partial charge in [-0.1, -0.05) is 6.42 Å². The summed E-state index contributed by atoms with van der Waals surface area (Å²) < 4.78 is 6.16. The first-order valence-electron chi connectivity index (χ1n) is 10.6. The highest BCUT2D eigenvalue weighted by atomic mass is 16.6. The molecule has 25 heavy (non-hydrogen) atoms. The van der Waals surface area contributed by atoms with Gasteiger partial charge in [0.05, 0.1) is 11.5 Å². The molecule has 0 amide bonds.